The number of nitrogens with one attached hydrogen (secondary N) is 8. The average molecular weight is 1110 g/mol. The number of guanidine groups is 3. The monoisotopic (exact) mass is 1110 g/mol. The number of carboxylic acid groups (broad SMARTS) is 1. The Hall–Kier alpha value is -8.39. The van der Waals surface area contributed by atoms with Crippen molar-refractivity contribution in [3.8, 4) is 0 Å². The summed E-state index contributed by atoms with van der Waals surface area (Å²) in [5.41, 5.74) is 44.4. The molecule has 32 heteroatoms. The molecule has 32 nitrogen and oxygen atoms in total. The lowest BCUT2D eigenvalue weighted by Gasteiger charge is -2.28. The van der Waals surface area contributed by atoms with Gasteiger partial charge in [0, 0.05) is 26.1 Å². The van der Waals surface area contributed by atoms with Crippen LogP contribution in [0.5, 0.6) is 0 Å². The number of carbonyl (C=O) groups excluding carboxylic acids is 9. The van der Waals surface area contributed by atoms with E-state index < -0.39 is 133 Å². The van der Waals surface area contributed by atoms with Crippen molar-refractivity contribution in [2.24, 2.45) is 66.8 Å². The second-order valence-electron chi connectivity index (χ2n) is 18.3. The topological polar surface area (TPSA) is 573 Å². The summed E-state index contributed by atoms with van der Waals surface area (Å²) in [4.78, 5) is 145. The number of carbonyl (C=O) groups is 10. The molecule has 1 aromatic rings. The molecule has 27 N–H and O–H groups in total. The third-order valence-electron chi connectivity index (χ3n) is 11.1. The molecule has 9 amide bonds. The van der Waals surface area contributed by atoms with Crippen LogP contribution < -0.4 is 88.4 Å². The van der Waals surface area contributed by atoms with Gasteiger partial charge >= 0.3 is 5.97 Å². The second kappa shape index (κ2) is 35.8. The Morgan fingerprint density at radius 2 is 0.846 bits per heavy atom. The highest BCUT2D eigenvalue weighted by Crippen LogP contribution is 2.11. The largest absolute Gasteiger partial charge is 0.480 e. The minimum absolute atomic E-state index is 0.0239. The van der Waals surface area contributed by atoms with E-state index in [4.69, 9.17) is 45.9 Å². The molecule has 0 aromatic heterocycles. The van der Waals surface area contributed by atoms with Gasteiger partial charge in [0.05, 0.1) is 19.6 Å². The van der Waals surface area contributed by atoms with E-state index in [1.807, 2.05) is 0 Å². The summed E-state index contributed by atoms with van der Waals surface area (Å²) in [5.74, 6) is -11.5. The summed E-state index contributed by atoms with van der Waals surface area (Å²) in [5, 5.41) is 48.4. The Morgan fingerprint density at radius 3 is 1.26 bits per heavy atom. The number of nitrogens with two attached hydrogens (primary N) is 8. The molecule has 0 fully saturated rings. The maximum atomic E-state index is 14.2. The summed E-state index contributed by atoms with van der Waals surface area (Å²) in [6, 6.07) is -5.20. The van der Waals surface area contributed by atoms with E-state index in [2.05, 4.69) is 57.5 Å². The molecule has 0 bridgehead atoms. The predicted molar refractivity (Wildman–Crippen MR) is 284 cm³/mol. The van der Waals surface area contributed by atoms with Gasteiger partial charge in [0.15, 0.2) is 17.9 Å². The number of aliphatic carboxylic acids is 1. The zero-order chi connectivity index (χ0) is 59.1. The predicted octanol–water partition coefficient (Wildman–Crippen LogP) is -8.39. The SMILES string of the molecule is CC(C)C[C@H](NC(=O)[C@H](CCCN=C(N)N)NC(=O)[C@@H](N)CO)C(=O)N[C@@H](CC(N)=O)C(=O)N[C@@H](CCCN=C(N)N)C(=O)N[C@@H](CCCN=C(N)N)C(=O)N[C@@H](C)C(=O)N[C@@H](CO)C(=O)N[C@@H](Cc1ccccc1)C(=O)O. The van der Waals surface area contributed by atoms with Crippen molar-refractivity contribution in [3.05, 3.63) is 35.9 Å². The maximum Gasteiger partial charge on any atom is 0.326 e. The minimum Gasteiger partial charge on any atom is -0.480 e. The van der Waals surface area contributed by atoms with Crippen molar-refractivity contribution in [3.63, 3.8) is 0 Å². The van der Waals surface area contributed by atoms with Gasteiger partial charge in [-0.2, -0.15) is 0 Å². The quantitative estimate of drug-likeness (QED) is 0.0167. The molecule has 0 saturated carbocycles. The van der Waals surface area contributed by atoms with Crippen molar-refractivity contribution >= 4 is 77.0 Å². The molecule has 0 unspecified atom stereocenters. The van der Waals surface area contributed by atoms with Crippen molar-refractivity contribution in [2.45, 2.75) is 133 Å². The van der Waals surface area contributed by atoms with E-state index in [0.717, 1.165) is 0 Å². The van der Waals surface area contributed by atoms with Crippen LogP contribution in [0.1, 0.15) is 77.7 Å². The van der Waals surface area contributed by atoms with Crippen LogP contribution >= 0.6 is 0 Å². The molecule has 0 aliphatic carbocycles. The first-order chi connectivity index (χ1) is 36.7. The zero-order valence-corrected chi connectivity index (χ0v) is 43.9. The van der Waals surface area contributed by atoms with E-state index >= 15 is 0 Å². The fourth-order valence-corrected chi connectivity index (χ4v) is 7.07. The van der Waals surface area contributed by atoms with Crippen LogP contribution in [0, 0.1) is 5.92 Å². The Bertz CT molecular complexity index is 2260. The van der Waals surface area contributed by atoms with Gasteiger partial charge in [-0.15, -0.1) is 0 Å². The maximum absolute atomic E-state index is 14.2. The molecular weight excluding hydrogens is 1030 g/mol. The van der Waals surface area contributed by atoms with Gasteiger partial charge in [-0.3, -0.25) is 58.1 Å². The standard InChI is InChI=1S/C46H79N19O13/c1-23(2)18-30(62-39(73)28(13-8-16-56-45(51)52)59-36(70)26(47)21-66)40(74)63-31(20-34(48)68)41(75)61-29(14-9-17-57-46(53)54)38(72)60-27(12-7-15-55-44(49)50)37(71)58-24(3)35(69)65-33(22-67)42(76)64-32(43(77)78)19-25-10-5-4-6-11-25/h4-6,10-11,23-24,26-33,66-67H,7-9,12-22,47H2,1-3H3,(H2,48,68)(H,58,71)(H,59,70)(H,60,72)(H,61,75)(H,62,73)(H,63,74)(H,64,76)(H,65,69)(H,77,78)(H4,49,50,55)(H4,51,52,56)(H4,53,54,57)/t24-,26-,27-,28-,29-,30-,31-,32-,33-/m0/s1. The van der Waals surface area contributed by atoms with Gasteiger partial charge in [0.2, 0.25) is 53.2 Å². The Labute approximate surface area is 450 Å². The van der Waals surface area contributed by atoms with Crippen LogP contribution in [-0.2, 0) is 54.4 Å². The minimum atomic E-state index is -1.78. The van der Waals surface area contributed by atoms with Crippen LogP contribution in [0.25, 0.3) is 0 Å². The lowest BCUT2D eigenvalue weighted by atomic mass is 10.0. The van der Waals surface area contributed by atoms with Crippen molar-refractivity contribution in [1.29, 1.82) is 0 Å². The van der Waals surface area contributed by atoms with Gasteiger partial charge in [-0.1, -0.05) is 44.2 Å². The fraction of sp³-hybridized carbons (Fsp3) is 0.587. The first-order valence-electron chi connectivity index (χ1n) is 24.8. The number of hydrogen-bond acceptors (Lipinski definition) is 16. The molecule has 0 heterocycles. The van der Waals surface area contributed by atoms with E-state index in [-0.39, 0.29) is 94.8 Å². The highest BCUT2D eigenvalue weighted by Gasteiger charge is 2.35. The normalized spacial score (nSPS) is 14.3. The first-order valence-corrected chi connectivity index (χ1v) is 24.8. The first kappa shape index (κ1) is 67.6. The van der Waals surface area contributed by atoms with Crippen LogP contribution in [-0.4, -0.2) is 180 Å². The zero-order valence-electron chi connectivity index (χ0n) is 43.9. The lowest BCUT2D eigenvalue weighted by molar-refractivity contribution is -0.142. The summed E-state index contributed by atoms with van der Waals surface area (Å²) in [6.07, 6.45) is -1.23. The molecule has 436 valence electrons. The number of nitrogens with zero attached hydrogens (tertiary/aromatic N) is 3. The highest BCUT2D eigenvalue weighted by atomic mass is 16.4. The molecule has 0 aliphatic heterocycles. The lowest BCUT2D eigenvalue weighted by Crippen LogP contribution is -2.60. The number of aliphatic hydroxyl groups excluding tert-OH is 2. The summed E-state index contributed by atoms with van der Waals surface area (Å²) >= 11 is 0. The molecule has 78 heavy (non-hydrogen) atoms. The van der Waals surface area contributed by atoms with Crippen LogP contribution in [0.4, 0.5) is 0 Å². The van der Waals surface area contributed by atoms with Crippen molar-refractivity contribution in [2.75, 3.05) is 32.8 Å². The molecule has 0 spiro atoms. The second-order valence-corrected chi connectivity index (χ2v) is 18.3. The van der Waals surface area contributed by atoms with Gasteiger partial charge in [-0.05, 0) is 63.4 Å². The van der Waals surface area contributed by atoms with Gasteiger partial charge in [0.25, 0.3) is 0 Å². The number of carboxylic acids is 1. The average Bonchev–Trinajstić information content (AvgIpc) is 3.36. The number of amides is 9. The van der Waals surface area contributed by atoms with Gasteiger partial charge in [0.1, 0.15) is 54.4 Å². The van der Waals surface area contributed by atoms with Crippen LogP contribution in [0.2, 0.25) is 0 Å². The number of hydrogen-bond donors (Lipinski definition) is 19. The molecular formula is C46H79N19O13. The van der Waals surface area contributed by atoms with Crippen LogP contribution in [0.3, 0.4) is 0 Å². The van der Waals surface area contributed by atoms with E-state index in [0.29, 0.717) is 5.56 Å². The fourth-order valence-electron chi connectivity index (χ4n) is 7.07. The van der Waals surface area contributed by atoms with Gasteiger partial charge in [-0.25, -0.2) is 4.79 Å². The Morgan fingerprint density at radius 1 is 0.474 bits per heavy atom. The van der Waals surface area contributed by atoms with Crippen LogP contribution in [0.15, 0.2) is 45.3 Å². The molecule has 9 atom stereocenters. The number of benzene rings is 1. The number of rotatable bonds is 37. The summed E-state index contributed by atoms with van der Waals surface area (Å²) in [6.45, 7) is 2.88. The smallest absolute Gasteiger partial charge is 0.326 e. The van der Waals surface area contributed by atoms with E-state index in [1.54, 1.807) is 44.2 Å². The Kier molecular flexibility index (Phi) is 31.0. The van der Waals surface area contributed by atoms with E-state index in [1.165, 1.54) is 6.92 Å². The molecule has 0 saturated heterocycles. The van der Waals surface area contributed by atoms with Crippen molar-refractivity contribution < 1.29 is 63.3 Å². The van der Waals surface area contributed by atoms with E-state index in [9.17, 15) is 63.3 Å². The molecule has 1 aromatic carbocycles. The third-order valence-corrected chi connectivity index (χ3v) is 11.1. The molecule has 0 aliphatic rings. The number of primary amides is 1. The van der Waals surface area contributed by atoms with Gasteiger partial charge < -0.3 is 104 Å². The number of aliphatic imine (C=N–C) groups is 3. The summed E-state index contributed by atoms with van der Waals surface area (Å²) < 4.78 is 0. The number of aliphatic hydroxyl groups is 2. The third kappa shape index (κ3) is 27.4. The molecule has 1 rings (SSSR count). The Balaban J connectivity index is 3.48. The molecule has 0 radical (unpaired) electrons. The van der Waals surface area contributed by atoms with Crippen molar-refractivity contribution in [1.82, 2.24) is 42.5 Å². The highest BCUT2D eigenvalue weighted by molar-refractivity contribution is 5.99. The summed E-state index contributed by atoms with van der Waals surface area (Å²) in [7, 11) is 0.